The Morgan fingerprint density at radius 1 is 1.05 bits per heavy atom. The van der Waals surface area contributed by atoms with Gasteiger partial charge in [0.2, 0.25) is 0 Å². The molecule has 0 aliphatic carbocycles. The first-order chi connectivity index (χ1) is 10.1. The van der Waals surface area contributed by atoms with E-state index in [4.69, 9.17) is 4.74 Å². The highest BCUT2D eigenvalue weighted by molar-refractivity contribution is 5.52. The predicted octanol–water partition coefficient (Wildman–Crippen LogP) is 5.01. The number of nitrogens with one attached hydrogen (secondary N) is 1. The van der Waals surface area contributed by atoms with Crippen molar-refractivity contribution >= 4 is 5.69 Å². The molecule has 1 atom stereocenters. The highest BCUT2D eigenvalue weighted by Gasteiger charge is 2.09. The molecule has 2 aromatic rings. The van der Waals surface area contributed by atoms with Gasteiger partial charge in [0.15, 0.2) is 0 Å². The van der Waals surface area contributed by atoms with Gasteiger partial charge in [0.25, 0.3) is 0 Å². The first-order valence-electron chi connectivity index (χ1n) is 7.60. The summed E-state index contributed by atoms with van der Waals surface area (Å²) in [6.07, 6.45) is 0. The maximum Gasteiger partial charge on any atom is 0.0736 e. The molecule has 0 heterocycles. The topological polar surface area (TPSA) is 21.3 Å². The van der Waals surface area contributed by atoms with E-state index in [-0.39, 0.29) is 6.04 Å². The first kappa shape index (κ1) is 15.6. The lowest BCUT2D eigenvalue weighted by Gasteiger charge is -2.19. The van der Waals surface area contributed by atoms with Crippen LogP contribution in [-0.4, -0.2) is 6.61 Å². The van der Waals surface area contributed by atoms with Crippen LogP contribution < -0.4 is 5.32 Å². The molecular weight excluding hydrogens is 258 g/mol. The SMILES string of the molecule is CCOCc1ccccc1NC(C)c1cc(C)cc(C)c1. The molecule has 21 heavy (non-hydrogen) atoms. The Morgan fingerprint density at radius 3 is 2.38 bits per heavy atom. The minimum absolute atomic E-state index is 0.270. The minimum Gasteiger partial charge on any atom is -0.378 e. The van der Waals surface area contributed by atoms with Crippen molar-refractivity contribution < 1.29 is 4.74 Å². The van der Waals surface area contributed by atoms with E-state index in [1.807, 2.05) is 6.92 Å². The number of para-hydroxylation sites is 1. The molecule has 0 bridgehead atoms. The van der Waals surface area contributed by atoms with E-state index in [1.165, 1.54) is 22.3 Å². The van der Waals surface area contributed by atoms with Gasteiger partial charge in [0.05, 0.1) is 6.61 Å². The van der Waals surface area contributed by atoms with Gasteiger partial charge in [0, 0.05) is 23.9 Å². The highest BCUT2D eigenvalue weighted by Crippen LogP contribution is 2.24. The fraction of sp³-hybridized carbons (Fsp3) is 0.368. The summed E-state index contributed by atoms with van der Waals surface area (Å²) in [5.41, 5.74) is 6.29. The Morgan fingerprint density at radius 2 is 1.71 bits per heavy atom. The zero-order valence-electron chi connectivity index (χ0n) is 13.4. The highest BCUT2D eigenvalue weighted by atomic mass is 16.5. The number of benzene rings is 2. The van der Waals surface area contributed by atoms with Crippen molar-refractivity contribution in [1.82, 2.24) is 0 Å². The van der Waals surface area contributed by atoms with Gasteiger partial charge in [0.1, 0.15) is 0 Å². The normalized spacial score (nSPS) is 12.2. The zero-order chi connectivity index (χ0) is 15.2. The molecule has 2 rings (SSSR count). The number of hydrogen-bond donors (Lipinski definition) is 1. The monoisotopic (exact) mass is 283 g/mol. The van der Waals surface area contributed by atoms with Crippen LogP contribution in [0.25, 0.3) is 0 Å². The number of rotatable bonds is 6. The third-order valence-electron chi connectivity index (χ3n) is 3.60. The second kappa shape index (κ2) is 7.28. The van der Waals surface area contributed by atoms with Gasteiger partial charge in [-0.1, -0.05) is 47.5 Å². The number of anilines is 1. The molecule has 112 valence electrons. The van der Waals surface area contributed by atoms with E-state index in [1.54, 1.807) is 0 Å². The Kier molecular flexibility index (Phi) is 5.40. The van der Waals surface area contributed by atoms with Crippen molar-refractivity contribution in [3.8, 4) is 0 Å². The van der Waals surface area contributed by atoms with E-state index in [9.17, 15) is 0 Å². The van der Waals surface area contributed by atoms with Gasteiger partial charge in [-0.3, -0.25) is 0 Å². The third-order valence-corrected chi connectivity index (χ3v) is 3.60. The smallest absolute Gasteiger partial charge is 0.0736 e. The molecule has 0 fully saturated rings. The minimum atomic E-state index is 0.270. The van der Waals surface area contributed by atoms with Gasteiger partial charge in [-0.15, -0.1) is 0 Å². The molecule has 0 spiro atoms. The summed E-state index contributed by atoms with van der Waals surface area (Å²) in [6, 6.07) is 15.3. The molecule has 2 aromatic carbocycles. The molecule has 1 N–H and O–H groups in total. The molecular formula is C19H25NO. The zero-order valence-corrected chi connectivity index (χ0v) is 13.4. The number of aryl methyl sites for hydroxylation is 2. The van der Waals surface area contributed by atoms with E-state index < -0.39 is 0 Å². The molecule has 0 radical (unpaired) electrons. The van der Waals surface area contributed by atoms with Gasteiger partial charge < -0.3 is 10.1 Å². The van der Waals surface area contributed by atoms with Crippen LogP contribution in [0, 0.1) is 13.8 Å². The summed E-state index contributed by atoms with van der Waals surface area (Å²) in [6.45, 7) is 9.90. The Labute approximate surface area is 128 Å². The molecule has 0 saturated carbocycles. The van der Waals surface area contributed by atoms with E-state index >= 15 is 0 Å². The quantitative estimate of drug-likeness (QED) is 0.804. The number of hydrogen-bond acceptors (Lipinski definition) is 2. The van der Waals surface area contributed by atoms with Crippen LogP contribution in [-0.2, 0) is 11.3 Å². The molecule has 0 amide bonds. The molecule has 0 aliphatic heterocycles. The van der Waals surface area contributed by atoms with Crippen molar-refractivity contribution in [2.75, 3.05) is 11.9 Å². The summed E-state index contributed by atoms with van der Waals surface area (Å²) in [4.78, 5) is 0. The van der Waals surface area contributed by atoms with Crippen LogP contribution in [0.5, 0.6) is 0 Å². The van der Waals surface area contributed by atoms with Crippen LogP contribution in [0.15, 0.2) is 42.5 Å². The summed E-state index contributed by atoms with van der Waals surface area (Å²) >= 11 is 0. The van der Waals surface area contributed by atoms with Crippen LogP contribution in [0.3, 0.4) is 0 Å². The lowest BCUT2D eigenvalue weighted by atomic mass is 10.0. The lowest BCUT2D eigenvalue weighted by molar-refractivity contribution is 0.134. The average molecular weight is 283 g/mol. The molecule has 0 aliphatic rings. The second-order valence-electron chi connectivity index (χ2n) is 5.58. The first-order valence-corrected chi connectivity index (χ1v) is 7.60. The number of ether oxygens (including phenoxy) is 1. The van der Waals surface area contributed by atoms with E-state index in [2.05, 4.69) is 68.6 Å². The summed E-state index contributed by atoms with van der Waals surface area (Å²) < 4.78 is 5.55. The van der Waals surface area contributed by atoms with Crippen molar-refractivity contribution in [3.63, 3.8) is 0 Å². The van der Waals surface area contributed by atoms with Crippen molar-refractivity contribution in [2.24, 2.45) is 0 Å². The molecule has 0 saturated heterocycles. The summed E-state index contributed by atoms with van der Waals surface area (Å²) in [5.74, 6) is 0. The van der Waals surface area contributed by atoms with Crippen molar-refractivity contribution in [2.45, 2.75) is 40.3 Å². The van der Waals surface area contributed by atoms with Gasteiger partial charge in [-0.05, 0) is 39.3 Å². The van der Waals surface area contributed by atoms with Crippen LogP contribution in [0.2, 0.25) is 0 Å². The average Bonchev–Trinajstić information content (AvgIpc) is 2.45. The summed E-state index contributed by atoms with van der Waals surface area (Å²) in [5, 5.41) is 3.61. The second-order valence-corrected chi connectivity index (χ2v) is 5.58. The molecule has 1 unspecified atom stereocenters. The Hall–Kier alpha value is -1.80. The van der Waals surface area contributed by atoms with Crippen LogP contribution in [0.1, 0.15) is 42.1 Å². The maximum absolute atomic E-state index is 5.55. The molecule has 2 heteroatoms. The van der Waals surface area contributed by atoms with Crippen molar-refractivity contribution in [1.29, 1.82) is 0 Å². The van der Waals surface area contributed by atoms with Gasteiger partial charge in [-0.25, -0.2) is 0 Å². The third kappa shape index (κ3) is 4.33. The maximum atomic E-state index is 5.55. The summed E-state index contributed by atoms with van der Waals surface area (Å²) in [7, 11) is 0. The predicted molar refractivity (Wildman–Crippen MR) is 89.7 cm³/mol. The van der Waals surface area contributed by atoms with Gasteiger partial charge in [-0.2, -0.15) is 0 Å². The fourth-order valence-corrected chi connectivity index (χ4v) is 2.58. The molecule has 0 aromatic heterocycles. The molecule has 2 nitrogen and oxygen atoms in total. The van der Waals surface area contributed by atoms with Crippen LogP contribution >= 0.6 is 0 Å². The van der Waals surface area contributed by atoms with E-state index in [0.717, 1.165) is 12.3 Å². The fourth-order valence-electron chi connectivity index (χ4n) is 2.58. The Balaban J connectivity index is 2.17. The van der Waals surface area contributed by atoms with Gasteiger partial charge >= 0.3 is 0 Å². The van der Waals surface area contributed by atoms with Crippen LogP contribution in [0.4, 0.5) is 5.69 Å². The van der Waals surface area contributed by atoms with Crippen molar-refractivity contribution in [3.05, 3.63) is 64.7 Å². The lowest BCUT2D eigenvalue weighted by Crippen LogP contribution is -2.09. The van der Waals surface area contributed by atoms with E-state index in [0.29, 0.717) is 6.61 Å². The largest absolute Gasteiger partial charge is 0.378 e. The standard InChI is InChI=1S/C19H25NO/c1-5-21-13-17-8-6-7-9-19(17)20-16(4)18-11-14(2)10-15(3)12-18/h6-12,16,20H,5,13H2,1-4H3. The Bertz CT molecular complexity index is 572.